The number of benzene rings is 1. The van der Waals surface area contributed by atoms with Crippen molar-refractivity contribution in [3.63, 3.8) is 0 Å². The maximum Gasteiger partial charge on any atom is 0.272 e. The second kappa shape index (κ2) is 10.6. The number of piperidine rings is 1. The first kappa shape index (κ1) is 23.7. The molecule has 1 unspecified atom stereocenters. The molecule has 2 aliphatic heterocycles. The lowest BCUT2D eigenvalue weighted by Gasteiger charge is -2.29. The summed E-state index contributed by atoms with van der Waals surface area (Å²) in [5, 5.41) is 26.7. The van der Waals surface area contributed by atoms with E-state index in [9.17, 15) is 20.0 Å². The van der Waals surface area contributed by atoms with Gasteiger partial charge in [-0.15, -0.1) is 0 Å². The van der Waals surface area contributed by atoms with Crippen molar-refractivity contribution >= 4 is 17.5 Å². The van der Waals surface area contributed by atoms with Crippen molar-refractivity contribution < 1.29 is 24.0 Å². The molecule has 4 rings (SSSR count). The normalized spacial score (nSPS) is 19.0. The van der Waals surface area contributed by atoms with Gasteiger partial charge in [0.1, 0.15) is 6.04 Å². The third-order valence-corrected chi connectivity index (χ3v) is 6.09. The highest BCUT2D eigenvalue weighted by Crippen LogP contribution is 2.34. The molecule has 2 aromatic rings. The highest BCUT2D eigenvalue weighted by molar-refractivity contribution is 6.01. The highest BCUT2D eigenvalue weighted by Gasteiger charge is 2.29. The molecule has 10 heteroatoms. The van der Waals surface area contributed by atoms with Crippen LogP contribution < -0.4 is 10.4 Å². The number of hydrogen-bond acceptors (Lipinski definition) is 9. The Balaban J connectivity index is 1.62. The van der Waals surface area contributed by atoms with Crippen LogP contribution >= 0.6 is 0 Å². The molecule has 0 bridgehead atoms. The van der Waals surface area contributed by atoms with Gasteiger partial charge in [0.05, 0.1) is 36.1 Å². The quantitative estimate of drug-likeness (QED) is 0.337. The number of ether oxygens (including phenoxy) is 1. The van der Waals surface area contributed by atoms with Gasteiger partial charge < -0.3 is 29.3 Å². The maximum absolute atomic E-state index is 12.2. The number of aryl methyl sites for hydroxylation is 1. The summed E-state index contributed by atoms with van der Waals surface area (Å²) in [5.41, 5.74) is 0.897. The Labute approximate surface area is 197 Å². The molecule has 1 saturated heterocycles. The van der Waals surface area contributed by atoms with Crippen molar-refractivity contribution in [2.45, 2.75) is 32.2 Å². The largest absolute Gasteiger partial charge is 0.545 e. The number of carboxylic acids is 1. The van der Waals surface area contributed by atoms with Gasteiger partial charge in [-0.2, -0.15) is 0 Å². The Morgan fingerprint density at radius 1 is 1.29 bits per heavy atom. The summed E-state index contributed by atoms with van der Waals surface area (Å²) < 4.78 is 11.3. The lowest BCUT2D eigenvalue weighted by atomic mass is 9.94. The van der Waals surface area contributed by atoms with Gasteiger partial charge in [-0.1, -0.05) is 18.6 Å². The fourth-order valence-corrected chi connectivity index (χ4v) is 4.27. The average molecular weight is 468 g/mol. The molecule has 0 spiro atoms. The molecule has 0 radical (unpaired) electrons. The third-order valence-electron chi connectivity index (χ3n) is 6.09. The van der Waals surface area contributed by atoms with E-state index in [0.717, 1.165) is 19.6 Å². The summed E-state index contributed by atoms with van der Waals surface area (Å²) in [6.45, 7) is 4.91. The molecule has 1 fully saturated rings. The number of aliphatic carboxylic acids is 1. The SMILES string of the molecule is Cc1ccc(C2N=C(c3ccco3)NC(COCCN3CCCCC3)=C2C(=O)[O-])cc1[N+](=O)[O-]. The molecule has 1 aromatic carbocycles. The van der Waals surface area contributed by atoms with E-state index < -0.39 is 16.9 Å². The lowest BCUT2D eigenvalue weighted by molar-refractivity contribution is -0.385. The fraction of sp³-hybridized carbons (Fsp3) is 0.417. The van der Waals surface area contributed by atoms with Gasteiger partial charge in [0.25, 0.3) is 5.69 Å². The number of nitro benzene ring substituents is 1. The van der Waals surface area contributed by atoms with Crippen LogP contribution in [-0.2, 0) is 9.53 Å². The number of amidine groups is 1. The topological polar surface area (TPSA) is 133 Å². The van der Waals surface area contributed by atoms with Crippen LogP contribution in [0.4, 0.5) is 5.69 Å². The molecule has 1 aromatic heterocycles. The first-order valence-corrected chi connectivity index (χ1v) is 11.3. The van der Waals surface area contributed by atoms with E-state index in [2.05, 4.69) is 15.2 Å². The lowest BCUT2D eigenvalue weighted by Crippen LogP contribution is -2.39. The predicted octanol–water partition coefficient (Wildman–Crippen LogP) is 2.09. The number of carbonyl (C=O) groups excluding carboxylic acids is 1. The van der Waals surface area contributed by atoms with Crippen molar-refractivity contribution in [3.05, 3.63) is 74.9 Å². The Hall–Kier alpha value is -3.50. The molecule has 2 aliphatic rings. The zero-order valence-electron chi connectivity index (χ0n) is 19.0. The summed E-state index contributed by atoms with van der Waals surface area (Å²) in [7, 11) is 0. The van der Waals surface area contributed by atoms with E-state index in [1.54, 1.807) is 31.2 Å². The predicted molar refractivity (Wildman–Crippen MR) is 122 cm³/mol. The average Bonchev–Trinajstić information content (AvgIpc) is 3.37. The number of aliphatic imine (C=N–C) groups is 1. The van der Waals surface area contributed by atoms with Gasteiger partial charge >= 0.3 is 0 Å². The van der Waals surface area contributed by atoms with E-state index in [0.29, 0.717) is 29.3 Å². The number of hydrogen-bond donors (Lipinski definition) is 1. The summed E-state index contributed by atoms with van der Waals surface area (Å²) in [4.78, 5) is 30.0. The number of nitro groups is 1. The summed E-state index contributed by atoms with van der Waals surface area (Å²) in [6.07, 6.45) is 5.08. The Kier molecular flexibility index (Phi) is 7.39. The second-order valence-corrected chi connectivity index (χ2v) is 8.42. The van der Waals surface area contributed by atoms with Crippen molar-refractivity contribution in [1.82, 2.24) is 10.2 Å². The molecule has 0 aliphatic carbocycles. The summed E-state index contributed by atoms with van der Waals surface area (Å²) >= 11 is 0. The number of carboxylic acid groups (broad SMARTS) is 1. The standard InChI is InChI=1S/C24H28N4O6/c1-16-7-8-17(14-19(16)28(31)32)22-21(24(29)30)18(25-23(26-22)20-6-5-12-34-20)15-33-13-11-27-9-3-2-4-10-27/h5-8,12,14,22H,2-4,9-11,13,15H2,1H3,(H,25,26)(H,29,30)/p-1. The molecular formula is C24H27N4O6-. The smallest absolute Gasteiger partial charge is 0.272 e. The Morgan fingerprint density at radius 2 is 2.09 bits per heavy atom. The summed E-state index contributed by atoms with van der Waals surface area (Å²) in [5.74, 6) is -0.690. The number of nitrogens with zero attached hydrogens (tertiary/aromatic N) is 3. The van der Waals surface area contributed by atoms with Gasteiger partial charge in [0.2, 0.25) is 0 Å². The molecule has 10 nitrogen and oxygen atoms in total. The van der Waals surface area contributed by atoms with Crippen LogP contribution in [0.1, 0.15) is 42.2 Å². The van der Waals surface area contributed by atoms with E-state index in [4.69, 9.17) is 9.15 Å². The molecular weight excluding hydrogens is 440 g/mol. The van der Waals surface area contributed by atoms with Crippen LogP contribution in [0.5, 0.6) is 0 Å². The molecule has 180 valence electrons. The van der Waals surface area contributed by atoms with Crippen LogP contribution in [0.25, 0.3) is 0 Å². The van der Waals surface area contributed by atoms with Crippen LogP contribution in [0.3, 0.4) is 0 Å². The molecule has 0 amide bonds. The molecule has 1 atom stereocenters. The van der Waals surface area contributed by atoms with Crippen LogP contribution in [-0.4, -0.2) is 54.5 Å². The van der Waals surface area contributed by atoms with Crippen LogP contribution in [0.2, 0.25) is 0 Å². The molecule has 0 saturated carbocycles. The van der Waals surface area contributed by atoms with E-state index in [1.165, 1.54) is 31.6 Å². The van der Waals surface area contributed by atoms with Crippen molar-refractivity contribution in [2.75, 3.05) is 32.8 Å². The maximum atomic E-state index is 12.2. The van der Waals surface area contributed by atoms with Gasteiger partial charge in [-0.05, 0) is 50.6 Å². The van der Waals surface area contributed by atoms with Crippen molar-refractivity contribution in [2.24, 2.45) is 4.99 Å². The van der Waals surface area contributed by atoms with Crippen LogP contribution in [0.15, 0.2) is 57.3 Å². The zero-order chi connectivity index (χ0) is 24.1. The fourth-order valence-electron chi connectivity index (χ4n) is 4.27. The van der Waals surface area contributed by atoms with Gasteiger partial charge in [0.15, 0.2) is 11.6 Å². The molecule has 3 heterocycles. The minimum Gasteiger partial charge on any atom is -0.545 e. The molecule has 1 N–H and O–H groups in total. The minimum atomic E-state index is -1.42. The van der Waals surface area contributed by atoms with Gasteiger partial charge in [-0.3, -0.25) is 15.1 Å². The number of nitrogens with one attached hydrogen (secondary N) is 1. The first-order valence-electron chi connectivity index (χ1n) is 11.3. The van der Waals surface area contributed by atoms with E-state index >= 15 is 0 Å². The number of likely N-dealkylation sites (tertiary alicyclic amines) is 1. The second-order valence-electron chi connectivity index (χ2n) is 8.42. The monoisotopic (exact) mass is 467 g/mol. The van der Waals surface area contributed by atoms with Gasteiger partial charge in [-0.25, -0.2) is 0 Å². The number of rotatable bonds is 9. The highest BCUT2D eigenvalue weighted by atomic mass is 16.6. The van der Waals surface area contributed by atoms with Crippen molar-refractivity contribution in [3.8, 4) is 0 Å². The number of furan rings is 1. The third kappa shape index (κ3) is 5.35. The Morgan fingerprint density at radius 3 is 2.76 bits per heavy atom. The Bertz CT molecular complexity index is 1100. The van der Waals surface area contributed by atoms with Crippen LogP contribution in [0, 0.1) is 17.0 Å². The number of carbonyl (C=O) groups is 1. The minimum absolute atomic E-state index is 0.00133. The first-order chi connectivity index (χ1) is 16.4. The van der Waals surface area contributed by atoms with Gasteiger partial charge in [0, 0.05) is 23.7 Å². The summed E-state index contributed by atoms with van der Waals surface area (Å²) in [6, 6.07) is 6.94. The van der Waals surface area contributed by atoms with E-state index in [1.807, 2.05) is 0 Å². The molecule has 34 heavy (non-hydrogen) atoms. The zero-order valence-corrected chi connectivity index (χ0v) is 19.0. The van der Waals surface area contributed by atoms with Crippen molar-refractivity contribution in [1.29, 1.82) is 0 Å². The van der Waals surface area contributed by atoms with E-state index in [-0.39, 0.29) is 23.6 Å².